The molecule has 128 valence electrons. The molecule has 0 radical (unpaired) electrons. The van der Waals surface area contributed by atoms with Crippen LogP contribution in [-0.4, -0.2) is 97.8 Å². The minimum atomic E-state index is -4.18. The Kier molecular flexibility index (Phi) is 4.91. The Bertz CT molecular complexity index is 405. The van der Waals surface area contributed by atoms with Crippen LogP contribution < -0.4 is 0 Å². The number of rotatable bonds is 1. The van der Waals surface area contributed by atoms with Gasteiger partial charge in [-0.2, -0.15) is 13.2 Å². The summed E-state index contributed by atoms with van der Waals surface area (Å²) in [7, 11) is 5.33. The molecule has 0 unspecified atom stereocenters. The van der Waals surface area contributed by atoms with Gasteiger partial charge in [0.15, 0.2) is 0 Å². The molecule has 0 saturated carbocycles. The first kappa shape index (κ1) is 17.3. The Hall–Kier alpha value is -1.02. The molecule has 2 fully saturated rings. The van der Waals surface area contributed by atoms with Crippen LogP contribution in [0.4, 0.5) is 18.0 Å². The molecule has 0 aliphatic carbocycles. The molecule has 5 nitrogen and oxygen atoms in total. The summed E-state index contributed by atoms with van der Waals surface area (Å²) in [6, 6.07) is -0.0682. The number of likely N-dealkylation sites (N-methyl/N-ethyl adjacent to an activating group) is 1. The second kappa shape index (κ2) is 6.23. The Labute approximate surface area is 129 Å². The van der Waals surface area contributed by atoms with E-state index in [0.29, 0.717) is 45.6 Å². The number of hydrogen-bond acceptors (Lipinski definition) is 3. The molecule has 2 heterocycles. The minimum absolute atomic E-state index is 0.0682. The van der Waals surface area contributed by atoms with Gasteiger partial charge in [0, 0.05) is 52.4 Å². The average molecular weight is 322 g/mol. The van der Waals surface area contributed by atoms with Crippen LogP contribution in [0.25, 0.3) is 0 Å². The molecule has 0 atom stereocenters. The third-order valence-corrected chi connectivity index (χ3v) is 4.70. The largest absolute Gasteiger partial charge is 0.401 e. The predicted molar refractivity (Wildman–Crippen MR) is 77.7 cm³/mol. The summed E-state index contributed by atoms with van der Waals surface area (Å²) < 4.78 is 38.6. The molecule has 8 heteroatoms. The van der Waals surface area contributed by atoms with Crippen LogP contribution in [0.1, 0.15) is 12.8 Å². The van der Waals surface area contributed by atoms with Gasteiger partial charge in [0.25, 0.3) is 0 Å². The van der Waals surface area contributed by atoms with E-state index in [9.17, 15) is 18.0 Å². The molecule has 2 aliphatic rings. The van der Waals surface area contributed by atoms with Crippen molar-refractivity contribution in [2.45, 2.75) is 24.6 Å². The average Bonchev–Trinajstić information content (AvgIpc) is 2.41. The molecule has 2 aliphatic heterocycles. The minimum Gasteiger partial charge on any atom is -0.331 e. The number of piperazine rings is 1. The zero-order valence-corrected chi connectivity index (χ0v) is 13.5. The van der Waals surface area contributed by atoms with Crippen molar-refractivity contribution in [1.29, 1.82) is 0 Å². The fourth-order valence-corrected chi connectivity index (χ4v) is 3.54. The number of urea groups is 1. The van der Waals surface area contributed by atoms with Gasteiger partial charge in [0.2, 0.25) is 0 Å². The van der Waals surface area contributed by atoms with Gasteiger partial charge in [-0.1, -0.05) is 0 Å². The molecule has 0 bridgehead atoms. The number of halogens is 3. The second-order valence-electron chi connectivity index (χ2n) is 6.66. The van der Waals surface area contributed by atoms with Gasteiger partial charge < -0.3 is 14.7 Å². The van der Waals surface area contributed by atoms with E-state index in [2.05, 4.69) is 4.90 Å². The lowest BCUT2D eigenvalue weighted by molar-refractivity contribution is -0.172. The SMILES string of the molecule is CN1CCN(CC(F)(F)F)C2(CCN(C(=O)N(C)C)CC2)C1. The molecular weight excluding hydrogens is 297 g/mol. The fraction of sp³-hybridized carbons (Fsp3) is 0.929. The molecule has 2 rings (SSSR count). The van der Waals surface area contributed by atoms with Crippen molar-refractivity contribution in [3.8, 4) is 0 Å². The second-order valence-corrected chi connectivity index (χ2v) is 6.66. The van der Waals surface area contributed by atoms with Crippen LogP contribution in [0.15, 0.2) is 0 Å². The normalized spacial score (nSPS) is 23.8. The molecule has 0 aromatic rings. The van der Waals surface area contributed by atoms with Gasteiger partial charge in [-0.25, -0.2) is 4.79 Å². The highest BCUT2D eigenvalue weighted by Gasteiger charge is 2.47. The van der Waals surface area contributed by atoms with Crippen molar-refractivity contribution in [3.63, 3.8) is 0 Å². The van der Waals surface area contributed by atoms with E-state index < -0.39 is 18.3 Å². The van der Waals surface area contributed by atoms with E-state index in [1.807, 2.05) is 7.05 Å². The zero-order chi connectivity index (χ0) is 16.5. The van der Waals surface area contributed by atoms with E-state index in [4.69, 9.17) is 0 Å². The highest BCUT2D eigenvalue weighted by atomic mass is 19.4. The number of alkyl halides is 3. The van der Waals surface area contributed by atoms with Crippen LogP contribution >= 0.6 is 0 Å². The number of piperidine rings is 1. The summed E-state index contributed by atoms with van der Waals surface area (Å²) in [5.74, 6) is 0. The molecule has 22 heavy (non-hydrogen) atoms. The van der Waals surface area contributed by atoms with Crippen molar-refractivity contribution in [2.24, 2.45) is 0 Å². The maximum absolute atomic E-state index is 12.9. The van der Waals surface area contributed by atoms with Crippen LogP contribution in [0, 0.1) is 0 Å². The molecule has 0 aromatic carbocycles. The number of carbonyl (C=O) groups is 1. The van der Waals surface area contributed by atoms with Crippen LogP contribution in [0.3, 0.4) is 0 Å². The van der Waals surface area contributed by atoms with Crippen molar-refractivity contribution >= 4 is 6.03 Å². The first-order chi connectivity index (χ1) is 10.1. The smallest absolute Gasteiger partial charge is 0.331 e. The van der Waals surface area contributed by atoms with Crippen molar-refractivity contribution in [1.82, 2.24) is 19.6 Å². The summed E-state index contributed by atoms with van der Waals surface area (Å²) in [6.45, 7) is 1.88. The van der Waals surface area contributed by atoms with E-state index in [1.54, 1.807) is 23.9 Å². The lowest BCUT2D eigenvalue weighted by Gasteiger charge is -2.54. The fourth-order valence-electron chi connectivity index (χ4n) is 3.54. The summed E-state index contributed by atoms with van der Waals surface area (Å²) >= 11 is 0. The predicted octanol–water partition coefficient (Wildman–Crippen LogP) is 1.31. The molecular formula is C14H25F3N4O. The van der Waals surface area contributed by atoms with Gasteiger partial charge in [-0.05, 0) is 19.9 Å². The summed E-state index contributed by atoms with van der Waals surface area (Å²) in [5.41, 5.74) is -0.467. The highest BCUT2D eigenvalue weighted by molar-refractivity contribution is 5.73. The summed E-state index contributed by atoms with van der Waals surface area (Å²) in [6.07, 6.45) is -3.00. The number of hydrogen-bond donors (Lipinski definition) is 0. The third-order valence-electron chi connectivity index (χ3n) is 4.70. The first-order valence-corrected chi connectivity index (χ1v) is 7.60. The van der Waals surface area contributed by atoms with Crippen molar-refractivity contribution in [2.75, 3.05) is 60.4 Å². The lowest BCUT2D eigenvalue weighted by atomic mass is 9.83. The van der Waals surface area contributed by atoms with Crippen LogP contribution in [-0.2, 0) is 0 Å². The molecule has 0 aromatic heterocycles. The summed E-state index contributed by atoms with van der Waals surface area (Å²) in [5, 5.41) is 0. The molecule has 2 saturated heterocycles. The maximum atomic E-state index is 12.9. The van der Waals surface area contributed by atoms with E-state index >= 15 is 0 Å². The summed E-state index contributed by atoms with van der Waals surface area (Å²) in [4.78, 5) is 18.9. The molecule has 1 spiro atoms. The Balaban J connectivity index is 2.07. The standard InChI is InChI=1S/C14H25F3N4O/c1-18(2)12(22)20-6-4-13(5-7-20)10-19(3)8-9-21(13)11-14(15,16)17/h4-11H2,1-3H3. The van der Waals surface area contributed by atoms with E-state index in [-0.39, 0.29) is 6.03 Å². The van der Waals surface area contributed by atoms with Gasteiger partial charge in [-0.15, -0.1) is 0 Å². The van der Waals surface area contributed by atoms with Gasteiger partial charge in [0.1, 0.15) is 0 Å². The Morgan fingerprint density at radius 1 is 1.14 bits per heavy atom. The lowest BCUT2D eigenvalue weighted by Crippen LogP contribution is -2.66. The maximum Gasteiger partial charge on any atom is 0.401 e. The number of likely N-dealkylation sites (tertiary alicyclic amines) is 1. The number of nitrogens with zero attached hydrogens (tertiary/aromatic N) is 4. The quantitative estimate of drug-likeness (QED) is 0.729. The van der Waals surface area contributed by atoms with E-state index in [1.165, 1.54) is 4.90 Å². The topological polar surface area (TPSA) is 30.0 Å². The Morgan fingerprint density at radius 3 is 2.23 bits per heavy atom. The first-order valence-electron chi connectivity index (χ1n) is 7.60. The molecule has 0 N–H and O–H groups in total. The van der Waals surface area contributed by atoms with Crippen LogP contribution in [0.2, 0.25) is 0 Å². The third kappa shape index (κ3) is 3.84. The van der Waals surface area contributed by atoms with E-state index in [0.717, 1.165) is 0 Å². The zero-order valence-electron chi connectivity index (χ0n) is 13.5. The van der Waals surface area contributed by atoms with Crippen molar-refractivity contribution < 1.29 is 18.0 Å². The number of amides is 2. The van der Waals surface area contributed by atoms with Gasteiger partial charge >= 0.3 is 12.2 Å². The number of carbonyl (C=O) groups excluding carboxylic acids is 1. The van der Waals surface area contributed by atoms with Gasteiger partial charge in [-0.3, -0.25) is 4.90 Å². The van der Waals surface area contributed by atoms with Crippen LogP contribution in [0.5, 0.6) is 0 Å². The molecule has 2 amide bonds. The van der Waals surface area contributed by atoms with Crippen molar-refractivity contribution in [3.05, 3.63) is 0 Å². The monoisotopic (exact) mass is 322 g/mol. The van der Waals surface area contributed by atoms with Gasteiger partial charge in [0.05, 0.1) is 6.54 Å². The Morgan fingerprint density at radius 2 is 1.73 bits per heavy atom. The highest BCUT2D eigenvalue weighted by Crippen LogP contribution is 2.34.